The van der Waals surface area contributed by atoms with Crippen LogP contribution in [0.25, 0.3) is 0 Å². The van der Waals surface area contributed by atoms with Crippen LogP contribution in [0.1, 0.15) is 44.7 Å². The molecule has 1 fully saturated rings. The molecule has 1 aromatic carbocycles. The minimum absolute atomic E-state index is 0.229. The molecule has 1 heterocycles. The number of hydrogen-bond acceptors (Lipinski definition) is 2. The highest BCUT2D eigenvalue weighted by atomic mass is 16.5. The Morgan fingerprint density at radius 1 is 1.22 bits per heavy atom. The summed E-state index contributed by atoms with van der Waals surface area (Å²) in [5.41, 5.74) is 2.88. The normalized spacial score (nSPS) is 20.9. The van der Waals surface area contributed by atoms with Gasteiger partial charge in [-0.3, -0.25) is 0 Å². The molecule has 0 bridgehead atoms. The van der Waals surface area contributed by atoms with Gasteiger partial charge in [-0.1, -0.05) is 45.0 Å². The topological polar surface area (TPSA) is 21.3 Å². The first kappa shape index (κ1) is 13.6. The van der Waals surface area contributed by atoms with Gasteiger partial charge in [0.1, 0.15) is 0 Å². The van der Waals surface area contributed by atoms with E-state index in [1.165, 1.54) is 24.0 Å². The highest BCUT2D eigenvalue weighted by molar-refractivity contribution is 5.27. The third-order valence-electron chi connectivity index (χ3n) is 3.56. The van der Waals surface area contributed by atoms with Crippen LogP contribution in [-0.4, -0.2) is 19.2 Å². The van der Waals surface area contributed by atoms with Gasteiger partial charge in [-0.2, -0.15) is 0 Å². The third-order valence-corrected chi connectivity index (χ3v) is 3.56. The number of nitrogens with one attached hydrogen (secondary N) is 1. The molecule has 18 heavy (non-hydrogen) atoms. The fourth-order valence-corrected chi connectivity index (χ4v) is 2.28. The molecule has 0 amide bonds. The zero-order valence-electron chi connectivity index (χ0n) is 11.8. The summed E-state index contributed by atoms with van der Waals surface area (Å²) < 4.78 is 5.93. The zero-order valence-corrected chi connectivity index (χ0v) is 11.8. The van der Waals surface area contributed by atoms with Gasteiger partial charge >= 0.3 is 0 Å². The van der Waals surface area contributed by atoms with Gasteiger partial charge in [0.05, 0.1) is 12.7 Å². The van der Waals surface area contributed by atoms with E-state index in [-0.39, 0.29) is 5.41 Å². The van der Waals surface area contributed by atoms with E-state index in [4.69, 9.17) is 4.74 Å². The molecule has 0 radical (unpaired) electrons. The molecule has 1 saturated heterocycles. The first-order chi connectivity index (χ1) is 8.55. The maximum atomic E-state index is 5.93. The minimum Gasteiger partial charge on any atom is -0.372 e. The molecule has 2 rings (SSSR count). The fraction of sp³-hybridized carbons (Fsp3) is 0.625. The lowest BCUT2D eigenvalue weighted by atomic mass is 9.87. The number of ether oxygens (including phenoxy) is 1. The predicted molar refractivity (Wildman–Crippen MR) is 75.8 cm³/mol. The number of hydrogen-bond donors (Lipinski definition) is 1. The van der Waals surface area contributed by atoms with Crippen molar-refractivity contribution in [1.82, 2.24) is 5.32 Å². The van der Waals surface area contributed by atoms with Crippen LogP contribution in [0.15, 0.2) is 24.3 Å². The lowest BCUT2D eigenvalue weighted by Gasteiger charge is -2.23. The number of piperidine rings is 1. The average Bonchev–Trinajstić information content (AvgIpc) is 2.37. The van der Waals surface area contributed by atoms with Crippen molar-refractivity contribution in [3.63, 3.8) is 0 Å². The van der Waals surface area contributed by atoms with E-state index in [9.17, 15) is 0 Å². The van der Waals surface area contributed by atoms with Crippen LogP contribution in [0.5, 0.6) is 0 Å². The van der Waals surface area contributed by atoms with Gasteiger partial charge in [0.2, 0.25) is 0 Å². The quantitative estimate of drug-likeness (QED) is 0.885. The largest absolute Gasteiger partial charge is 0.372 e. The SMILES string of the molecule is CC(C)(C)c1ccc(COC2CCCNC2)cc1. The van der Waals surface area contributed by atoms with E-state index >= 15 is 0 Å². The third kappa shape index (κ3) is 3.82. The van der Waals surface area contributed by atoms with Gasteiger partial charge in [0, 0.05) is 6.54 Å². The van der Waals surface area contributed by atoms with Crippen molar-refractivity contribution in [3.05, 3.63) is 35.4 Å². The predicted octanol–water partition coefficient (Wildman–Crippen LogP) is 3.25. The van der Waals surface area contributed by atoms with Gasteiger partial charge in [0.15, 0.2) is 0 Å². The van der Waals surface area contributed by atoms with Crippen molar-refractivity contribution in [2.75, 3.05) is 13.1 Å². The first-order valence-corrected chi connectivity index (χ1v) is 6.97. The fourth-order valence-electron chi connectivity index (χ4n) is 2.28. The summed E-state index contributed by atoms with van der Waals surface area (Å²) >= 11 is 0. The molecule has 1 aliphatic rings. The Kier molecular flexibility index (Phi) is 4.41. The molecule has 0 saturated carbocycles. The van der Waals surface area contributed by atoms with Crippen LogP contribution in [0.3, 0.4) is 0 Å². The van der Waals surface area contributed by atoms with Crippen LogP contribution in [-0.2, 0) is 16.8 Å². The zero-order chi connectivity index (χ0) is 13.0. The van der Waals surface area contributed by atoms with E-state index < -0.39 is 0 Å². The summed E-state index contributed by atoms with van der Waals surface area (Å²) in [4.78, 5) is 0. The Labute approximate surface area is 111 Å². The molecule has 100 valence electrons. The van der Waals surface area contributed by atoms with Crippen molar-refractivity contribution in [2.24, 2.45) is 0 Å². The molecule has 0 aromatic heterocycles. The van der Waals surface area contributed by atoms with Crippen molar-refractivity contribution < 1.29 is 4.74 Å². The molecule has 1 aliphatic heterocycles. The highest BCUT2D eigenvalue weighted by Gasteiger charge is 2.14. The Balaban J connectivity index is 1.86. The summed E-state index contributed by atoms with van der Waals surface area (Å²) in [7, 11) is 0. The second-order valence-corrected chi connectivity index (χ2v) is 6.23. The highest BCUT2D eigenvalue weighted by Crippen LogP contribution is 2.22. The maximum absolute atomic E-state index is 5.93. The van der Waals surface area contributed by atoms with Gasteiger partial charge in [-0.15, -0.1) is 0 Å². The molecule has 1 unspecified atom stereocenters. The second kappa shape index (κ2) is 5.85. The summed E-state index contributed by atoms with van der Waals surface area (Å²) in [6.07, 6.45) is 2.81. The van der Waals surface area contributed by atoms with Crippen molar-refractivity contribution >= 4 is 0 Å². The van der Waals surface area contributed by atoms with Crippen molar-refractivity contribution in [3.8, 4) is 0 Å². The molecular weight excluding hydrogens is 222 g/mol. The Morgan fingerprint density at radius 3 is 2.50 bits per heavy atom. The van der Waals surface area contributed by atoms with Crippen molar-refractivity contribution in [2.45, 2.75) is 51.7 Å². The molecule has 1 N–H and O–H groups in total. The van der Waals surface area contributed by atoms with Gasteiger partial charge in [-0.05, 0) is 35.9 Å². The molecule has 1 aromatic rings. The van der Waals surface area contributed by atoms with Crippen LogP contribution in [0, 0.1) is 0 Å². The molecule has 2 nitrogen and oxygen atoms in total. The Bertz CT molecular complexity index is 358. The lowest BCUT2D eigenvalue weighted by Crippen LogP contribution is -2.35. The monoisotopic (exact) mass is 247 g/mol. The summed E-state index contributed by atoms with van der Waals surface area (Å²) in [5.74, 6) is 0. The van der Waals surface area contributed by atoms with Crippen LogP contribution < -0.4 is 5.32 Å². The van der Waals surface area contributed by atoms with E-state index in [2.05, 4.69) is 50.4 Å². The van der Waals surface area contributed by atoms with Crippen LogP contribution in [0.2, 0.25) is 0 Å². The molecule has 0 aliphatic carbocycles. The molecular formula is C16H25NO. The number of rotatable bonds is 3. The maximum Gasteiger partial charge on any atom is 0.0721 e. The summed E-state index contributed by atoms with van der Waals surface area (Å²) in [6.45, 7) is 9.60. The van der Waals surface area contributed by atoms with E-state index in [1.54, 1.807) is 0 Å². The molecule has 2 heteroatoms. The van der Waals surface area contributed by atoms with Crippen molar-refractivity contribution in [1.29, 1.82) is 0 Å². The molecule has 1 atom stereocenters. The van der Waals surface area contributed by atoms with Gasteiger partial charge < -0.3 is 10.1 Å². The van der Waals surface area contributed by atoms with E-state index in [0.717, 1.165) is 19.7 Å². The van der Waals surface area contributed by atoms with Crippen LogP contribution in [0.4, 0.5) is 0 Å². The first-order valence-electron chi connectivity index (χ1n) is 6.97. The molecule has 0 spiro atoms. The van der Waals surface area contributed by atoms with E-state index in [1.807, 2.05) is 0 Å². The van der Waals surface area contributed by atoms with Gasteiger partial charge in [0.25, 0.3) is 0 Å². The smallest absolute Gasteiger partial charge is 0.0721 e. The summed E-state index contributed by atoms with van der Waals surface area (Å²) in [6, 6.07) is 8.82. The van der Waals surface area contributed by atoms with Crippen LogP contribution >= 0.6 is 0 Å². The standard InChI is InChI=1S/C16H25NO/c1-16(2,3)14-8-6-13(7-9-14)12-18-15-5-4-10-17-11-15/h6-9,15,17H,4-5,10-12H2,1-3H3. The number of benzene rings is 1. The van der Waals surface area contributed by atoms with Gasteiger partial charge in [-0.25, -0.2) is 0 Å². The second-order valence-electron chi connectivity index (χ2n) is 6.23. The minimum atomic E-state index is 0.229. The Morgan fingerprint density at radius 2 is 1.94 bits per heavy atom. The summed E-state index contributed by atoms with van der Waals surface area (Å²) in [5, 5.41) is 3.38. The lowest BCUT2D eigenvalue weighted by molar-refractivity contribution is 0.0253. The van der Waals surface area contributed by atoms with E-state index in [0.29, 0.717) is 6.10 Å². The Hall–Kier alpha value is -0.860. The average molecular weight is 247 g/mol.